The van der Waals surface area contributed by atoms with Crippen molar-refractivity contribution < 1.29 is 34.2 Å². The number of rotatable bonds is 9. The first-order valence-electron chi connectivity index (χ1n) is 7.92. The number of likely N-dealkylation sites (tertiary alicyclic amines) is 1. The van der Waals surface area contributed by atoms with E-state index < -0.39 is 60.9 Å². The highest BCUT2D eigenvalue weighted by Crippen LogP contribution is 2.19. The number of aliphatic carboxylic acids is 1. The van der Waals surface area contributed by atoms with E-state index in [0.717, 1.165) is 0 Å². The third-order valence-electron chi connectivity index (χ3n) is 3.81. The Bertz CT molecular complexity index is 582. The minimum absolute atomic E-state index is 0.248. The van der Waals surface area contributed by atoms with Gasteiger partial charge in [0.1, 0.15) is 18.6 Å². The Hall–Kier alpha value is -2.73. The molecule has 0 saturated carbocycles. The number of hydrogen-bond donors (Lipinski definition) is 6. The average Bonchev–Trinajstić information content (AvgIpc) is 3.05. The monoisotopic (exact) mass is 373 g/mol. The Labute approximate surface area is 148 Å². The third-order valence-corrected chi connectivity index (χ3v) is 3.81. The summed E-state index contributed by atoms with van der Waals surface area (Å²) in [5.41, 5.74) is 10.6. The average molecular weight is 373 g/mol. The van der Waals surface area contributed by atoms with Crippen LogP contribution in [0, 0.1) is 0 Å². The zero-order chi connectivity index (χ0) is 19.9. The first kappa shape index (κ1) is 21.3. The van der Waals surface area contributed by atoms with Crippen molar-refractivity contribution in [2.75, 3.05) is 19.7 Å². The molecule has 0 spiro atoms. The molecule has 3 atom stereocenters. The fourth-order valence-corrected chi connectivity index (χ4v) is 2.57. The highest BCUT2D eigenvalue weighted by Gasteiger charge is 2.37. The molecule has 1 saturated heterocycles. The lowest BCUT2D eigenvalue weighted by molar-refractivity contribution is -0.141. The first-order chi connectivity index (χ1) is 12.2. The second kappa shape index (κ2) is 9.68. The Morgan fingerprint density at radius 3 is 2.42 bits per heavy atom. The number of nitrogens with one attached hydrogen (secondary N) is 2. The Morgan fingerprint density at radius 2 is 1.88 bits per heavy atom. The second-order valence-corrected chi connectivity index (χ2v) is 5.82. The van der Waals surface area contributed by atoms with Crippen LogP contribution in [0.1, 0.15) is 19.3 Å². The zero-order valence-corrected chi connectivity index (χ0v) is 14.0. The van der Waals surface area contributed by atoms with Crippen molar-refractivity contribution >= 4 is 29.6 Å². The maximum atomic E-state index is 12.4. The predicted molar refractivity (Wildman–Crippen MR) is 86.2 cm³/mol. The number of aliphatic hydroxyl groups is 1. The summed E-state index contributed by atoms with van der Waals surface area (Å²) in [4.78, 5) is 59.0. The van der Waals surface area contributed by atoms with Crippen molar-refractivity contribution in [3.8, 4) is 0 Å². The van der Waals surface area contributed by atoms with Crippen LogP contribution in [0.4, 0.5) is 0 Å². The van der Waals surface area contributed by atoms with Gasteiger partial charge in [-0.15, -0.1) is 0 Å². The summed E-state index contributed by atoms with van der Waals surface area (Å²) in [7, 11) is 0. The van der Waals surface area contributed by atoms with E-state index in [4.69, 9.17) is 16.6 Å². The molecule has 4 amide bonds. The van der Waals surface area contributed by atoms with Crippen molar-refractivity contribution in [2.45, 2.75) is 37.4 Å². The van der Waals surface area contributed by atoms with Crippen molar-refractivity contribution in [1.82, 2.24) is 15.5 Å². The first-order valence-corrected chi connectivity index (χ1v) is 7.92. The van der Waals surface area contributed by atoms with Gasteiger partial charge in [-0.3, -0.25) is 24.0 Å². The van der Waals surface area contributed by atoms with Crippen LogP contribution in [0.3, 0.4) is 0 Å². The summed E-state index contributed by atoms with van der Waals surface area (Å²) in [6.07, 6.45) is 0.471. The molecule has 0 bridgehead atoms. The second-order valence-electron chi connectivity index (χ2n) is 5.82. The molecule has 146 valence electrons. The number of aliphatic hydroxyl groups excluding tert-OH is 1. The fourth-order valence-electron chi connectivity index (χ4n) is 2.57. The number of primary amides is 1. The number of carbonyl (C=O) groups excluding carboxylic acids is 4. The van der Waals surface area contributed by atoms with Crippen molar-refractivity contribution in [2.24, 2.45) is 11.5 Å². The van der Waals surface area contributed by atoms with Gasteiger partial charge in [0.15, 0.2) is 0 Å². The summed E-state index contributed by atoms with van der Waals surface area (Å²) in [6, 6.07) is -3.45. The predicted octanol–water partition coefficient (Wildman–Crippen LogP) is -4.14. The zero-order valence-electron chi connectivity index (χ0n) is 14.0. The molecular weight excluding hydrogens is 350 g/mol. The molecule has 0 aromatic heterocycles. The van der Waals surface area contributed by atoms with Crippen LogP contribution < -0.4 is 22.1 Å². The summed E-state index contributed by atoms with van der Waals surface area (Å²) >= 11 is 0. The van der Waals surface area contributed by atoms with E-state index in [1.807, 2.05) is 5.32 Å². The van der Waals surface area contributed by atoms with Crippen LogP contribution >= 0.6 is 0 Å². The molecule has 3 unspecified atom stereocenters. The van der Waals surface area contributed by atoms with E-state index in [0.29, 0.717) is 12.8 Å². The molecule has 0 aromatic carbocycles. The molecule has 1 rings (SSSR count). The number of nitrogens with zero attached hydrogens (tertiary/aromatic N) is 1. The van der Waals surface area contributed by atoms with Gasteiger partial charge in [0.2, 0.25) is 23.6 Å². The van der Waals surface area contributed by atoms with Crippen LogP contribution in [0.2, 0.25) is 0 Å². The normalized spacial score (nSPS) is 18.7. The van der Waals surface area contributed by atoms with Crippen LogP contribution in [-0.4, -0.2) is 82.5 Å². The van der Waals surface area contributed by atoms with Crippen molar-refractivity contribution in [1.29, 1.82) is 0 Å². The van der Waals surface area contributed by atoms with Gasteiger partial charge < -0.3 is 37.2 Å². The molecule has 12 nitrogen and oxygen atoms in total. The van der Waals surface area contributed by atoms with Gasteiger partial charge >= 0.3 is 5.97 Å². The lowest BCUT2D eigenvalue weighted by atomic mass is 10.1. The Balaban J connectivity index is 2.71. The van der Waals surface area contributed by atoms with Gasteiger partial charge in [0.05, 0.1) is 19.1 Å². The maximum absolute atomic E-state index is 12.4. The van der Waals surface area contributed by atoms with Crippen LogP contribution in [-0.2, 0) is 24.0 Å². The molecule has 0 aliphatic carbocycles. The van der Waals surface area contributed by atoms with Crippen molar-refractivity contribution in [3.63, 3.8) is 0 Å². The summed E-state index contributed by atoms with van der Waals surface area (Å²) < 4.78 is 0. The maximum Gasteiger partial charge on any atom is 0.322 e. The molecule has 1 aliphatic heterocycles. The molecule has 1 fully saturated rings. The van der Waals surface area contributed by atoms with E-state index in [9.17, 15) is 29.1 Å². The summed E-state index contributed by atoms with van der Waals surface area (Å²) in [5, 5.41) is 22.1. The minimum Gasteiger partial charge on any atom is -0.480 e. The smallest absolute Gasteiger partial charge is 0.322 e. The van der Waals surface area contributed by atoms with Gasteiger partial charge in [-0.05, 0) is 12.8 Å². The highest BCUT2D eigenvalue weighted by molar-refractivity contribution is 5.95. The number of carbonyl (C=O) groups is 5. The molecule has 0 radical (unpaired) electrons. The minimum atomic E-state index is -1.36. The third kappa shape index (κ3) is 5.97. The van der Waals surface area contributed by atoms with Crippen LogP contribution in [0.5, 0.6) is 0 Å². The van der Waals surface area contributed by atoms with E-state index in [1.54, 1.807) is 0 Å². The molecule has 0 aromatic rings. The van der Waals surface area contributed by atoms with E-state index >= 15 is 0 Å². The van der Waals surface area contributed by atoms with Gasteiger partial charge in [-0.1, -0.05) is 0 Å². The van der Waals surface area contributed by atoms with Gasteiger partial charge in [0.25, 0.3) is 0 Å². The Kier molecular flexibility index (Phi) is 7.93. The number of nitrogens with two attached hydrogens (primary N) is 2. The van der Waals surface area contributed by atoms with Gasteiger partial charge in [-0.2, -0.15) is 0 Å². The van der Waals surface area contributed by atoms with Crippen LogP contribution in [0.25, 0.3) is 0 Å². The quantitative estimate of drug-likeness (QED) is 0.233. The van der Waals surface area contributed by atoms with Gasteiger partial charge in [-0.25, -0.2) is 0 Å². The van der Waals surface area contributed by atoms with E-state index in [2.05, 4.69) is 5.32 Å². The summed E-state index contributed by atoms with van der Waals surface area (Å²) in [5.74, 6) is -4.20. The fraction of sp³-hybridized carbons (Fsp3) is 0.643. The number of hydrogen-bond acceptors (Lipinski definition) is 7. The van der Waals surface area contributed by atoms with Crippen LogP contribution in [0.15, 0.2) is 0 Å². The molecule has 1 heterocycles. The number of amides is 4. The molecule has 8 N–H and O–H groups in total. The molecule has 1 aliphatic rings. The highest BCUT2D eigenvalue weighted by atomic mass is 16.4. The Morgan fingerprint density at radius 1 is 1.23 bits per heavy atom. The van der Waals surface area contributed by atoms with E-state index in [-0.39, 0.29) is 13.0 Å². The topological polar surface area (TPSA) is 205 Å². The lowest BCUT2D eigenvalue weighted by Gasteiger charge is -2.27. The lowest BCUT2D eigenvalue weighted by Crippen LogP contribution is -2.56. The standard InChI is InChI=1S/C14H23N5O7/c15-7(4-10(16)21)14(26)19-3-1-2-9(19)13(25)18-8(6-20)12(24)17-5-11(22)23/h7-9,20H,1-6,15H2,(H2,16,21)(H,17,24)(H,18,25)(H,22,23). The number of carboxylic acids is 1. The summed E-state index contributed by atoms with van der Waals surface area (Å²) in [6.45, 7) is -1.17. The molecule has 26 heavy (non-hydrogen) atoms. The van der Waals surface area contributed by atoms with E-state index in [1.165, 1.54) is 4.90 Å². The molecule has 12 heteroatoms. The largest absolute Gasteiger partial charge is 0.480 e. The van der Waals surface area contributed by atoms with Gasteiger partial charge in [0, 0.05) is 6.54 Å². The number of carboxylic acid groups (broad SMARTS) is 1. The SMILES string of the molecule is NC(=O)CC(N)C(=O)N1CCCC1C(=O)NC(CO)C(=O)NCC(=O)O. The van der Waals surface area contributed by atoms with Crippen molar-refractivity contribution in [3.05, 3.63) is 0 Å². The molecular formula is C14H23N5O7.